The molecule has 0 aliphatic heterocycles. The third kappa shape index (κ3) is 3.83. The molecular formula is C14H17F2N3O2. The summed E-state index contributed by atoms with van der Waals surface area (Å²) in [5, 5.41) is 24.7. The smallest absolute Gasteiger partial charge is 0.137 e. The van der Waals surface area contributed by atoms with Gasteiger partial charge in [-0.2, -0.15) is 5.10 Å². The fourth-order valence-corrected chi connectivity index (χ4v) is 2.40. The molecule has 0 bridgehead atoms. The van der Waals surface area contributed by atoms with Crippen LogP contribution in [-0.4, -0.2) is 30.6 Å². The standard InChI is InChI=1S/C14H17F2N3O2/c1-13(2,20)6-14(21,7-19-9-17-8-18-19)11-4-3-10(15)5-12(11)16/h3-5,8-9,20-21H,6-7H2,1-2H3. The molecule has 0 aliphatic rings. The van der Waals surface area contributed by atoms with E-state index in [2.05, 4.69) is 10.1 Å². The summed E-state index contributed by atoms with van der Waals surface area (Å²) in [6.45, 7) is 2.89. The molecule has 1 heterocycles. The lowest BCUT2D eigenvalue weighted by atomic mass is 9.83. The second-order valence-electron chi connectivity index (χ2n) is 5.74. The highest BCUT2D eigenvalue weighted by molar-refractivity contribution is 5.25. The van der Waals surface area contributed by atoms with Crippen LogP contribution in [0.1, 0.15) is 25.8 Å². The van der Waals surface area contributed by atoms with E-state index in [1.807, 2.05) is 0 Å². The van der Waals surface area contributed by atoms with Crippen LogP contribution in [0.3, 0.4) is 0 Å². The predicted molar refractivity (Wildman–Crippen MR) is 71.2 cm³/mol. The molecule has 0 radical (unpaired) electrons. The Morgan fingerprint density at radius 1 is 1.24 bits per heavy atom. The van der Waals surface area contributed by atoms with Crippen molar-refractivity contribution in [3.05, 3.63) is 48.1 Å². The van der Waals surface area contributed by atoms with Gasteiger partial charge in [0.15, 0.2) is 0 Å². The molecule has 1 unspecified atom stereocenters. The second kappa shape index (κ2) is 5.50. The van der Waals surface area contributed by atoms with Crippen LogP contribution in [0, 0.1) is 11.6 Å². The number of nitrogens with zero attached hydrogens (tertiary/aromatic N) is 3. The van der Waals surface area contributed by atoms with E-state index < -0.39 is 22.8 Å². The largest absolute Gasteiger partial charge is 0.390 e. The number of aliphatic hydroxyl groups is 2. The van der Waals surface area contributed by atoms with E-state index in [9.17, 15) is 19.0 Å². The van der Waals surface area contributed by atoms with Crippen molar-refractivity contribution in [2.24, 2.45) is 0 Å². The van der Waals surface area contributed by atoms with Gasteiger partial charge in [-0.15, -0.1) is 0 Å². The van der Waals surface area contributed by atoms with Crippen LogP contribution < -0.4 is 0 Å². The van der Waals surface area contributed by atoms with E-state index in [1.165, 1.54) is 37.3 Å². The van der Waals surface area contributed by atoms with Crippen molar-refractivity contribution in [1.29, 1.82) is 0 Å². The number of aromatic nitrogens is 3. The molecule has 5 nitrogen and oxygen atoms in total. The lowest BCUT2D eigenvalue weighted by Crippen LogP contribution is -2.40. The van der Waals surface area contributed by atoms with Crippen LogP contribution in [0.15, 0.2) is 30.9 Å². The molecular weight excluding hydrogens is 280 g/mol. The van der Waals surface area contributed by atoms with Crippen molar-refractivity contribution in [2.75, 3.05) is 0 Å². The van der Waals surface area contributed by atoms with E-state index in [0.717, 1.165) is 6.07 Å². The molecule has 1 aromatic carbocycles. The van der Waals surface area contributed by atoms with Crippen molar-refractivity contribution in [3.8, 4) is 0 Å². The number of halogens is 2. The van der Waals surface area contributed by atoms with Crippen molar-refractivity contribution in [3.63, 3.8) is 0 Å². The monoisotopic (exact) mass is 297 g/mol. The zero-order chi connectivity index (χ0) is 15.7. The van der Waals surface area contributed by atoms with Gasteiger partial charge in [-0.05, 0) is 19.9 Å². The fourth-order valence-electron chi connectivity index (χ4n) is 2.40. The van der Waals surface area contributed by atoms with E-state index in [-0.39, 0.29) is 18.5 Å². The Balaban J connectivity index is 2.44. The Bertz CT molecular complexity index is 611. The minimum Gasteiger partial charge on any atom is -0.390 e. The number of hydrogen-bond donors (Lipinski definition) is 2. The Hall–Kier alpha value is -1.86. The van der Waals surface area contributed by atoms with Gasteiger partial charge in [0.05, 0.1) is 12.1 Å². The summed E-state index contributed by atoms with van der Waals surface area (Å²) in [5.74, 6) is -1.61. The molecule has 7 heteroatoms. The SMILES string of the molecule is CC(C)(O)CC(O)(Cn1cncn1)c1ccc(F)cc1F. The first-order chi connectivity index (χ1) is 9.70. The van der Waals surface area contributed by atoms with E-state index in [4.69, 9.17) is 0 Å². The van der Waals surface area contributed by atoms with Crippen LogP contribution >= 0.6 is 0 Å². The van der Waals surface area contributed by atoms with Crippen LogP contribution in [0.4, 0.5) is 8.78 Å². The van der Waals surface area contributed by atoms with Crippen molar-refractivity contribution < 1.29 is 19.0 Å². The van der Waals surface area contributed by atoms with Crippen LogP contribution in [-0.2, 0) is 12.1 Å². The lowest BCUT2D eigenvalue weighted by molar-refractivity contribution is -0.0645. The number of rotatable bonds is 5. The van der Waals surface area contributed by atoms with Crippen LogP contribution in [0.5, 0.6) is 0 Å². The van der Waals surface area contributed by atoms with Gasteiger partial charge < -0.3 is 10.2 Å². The zero-order valence-corrected chi connectivity index (χ0v) is 11.8. The van der Waals surface area contributed by atoms with Crippen molar-refractivity contribution in [2.45, 2.75) is 38.0 Å². The maximum absolute atomic E-state index is 14.0. The molecule has 2 N–H and O–H groups in total. The number of benzene rings is 1. The molecule has 0 saturated carbocycles. The Labute approximate surface area is 120 Å². The molecule has 0 saturated heterocycles. The summed E-state index contributed by atoms with van der Waals surface area (Å²) >= 11 is 0. The van der Waals surface area contributed by atoms with E-state index in [0.29, 0.717) is 6.07 Å². The van der Waals surface area contributed by atoms with Crippen LogP contribution in [0.25, 0.3) is 0 Å². The van der Waals surface area contributed by atoms with Gasteiger partial charge in [-0.25, -0.2) is 18.4 Å². The van der Waals surface area contributed by atoms with Gasteiger partial charge in [-0.3, -0.25) is 0 Å². The molecule has 0 fully saturated rings. The highest BCUT2D eigenvalue weighted by Gasteiger charge is 2.38. The van der Waals surface area contributed by atoms with Gasteiger partial charge in [0.2, 0.25) is 0 Å². The highest BCUT2D eigenvalue weighted by Crippen LogP contribution is 2.33. The Morgan fingerprint density at radius 3 is 2.48 bits per heavy atom. The van der Waals surface area contributed by atoms with Crippen LogP contribution in [0.2, 0.25) is 0 Å². The topological polar surface area (TPSA) is 71.2 Å². The summed E-state index contributed by atoms with van der Waals surface area (Å²) < 4.78 is 28.4. The fraction of sp³-hybridized carbons (Fsp3) is 0.429. The first-order valence-corrected chi connectivity index (χ1v) is 6.42. The van der Waals surface area contributed by atoms with Gasteiger partial charge in [-0.1, -0.05) is 6.07 Å². The molecule has 114 valence electrons. The molecule has 2 rings (SSSR count). The van der Waals surface area contributed by atoms with Crippen molar-refractivity contribution in [1.82, 2.24) is 14.8 Å². The second-order valence-corrected chi connectivity index (χ2v) is 5.74. The minimum absolute atomic E-state index is 0.0958. The molecule has 0 spiro atoms. The molecule has 21 heavy (non-hydrogen) atoms. The number of hydrogen-bond acceptors (Lipinski definition) is 4. The van der Waals surface area contributed by atoms with E-state index in [1.54, 1.807) is 0 Å². The summed E-state index contributed by atoms with van der Waals surface area (Å²) in [6, 6.07) is 2.94. The Kier molecular flexibility index (Phi) is 4.06. The Morgan fingerprint density at radius 2 is 1.95 bits per heavy atom. The molecule has 0 amide bonds. The zero-order valence-electron chi connectivity index (χ0n) is 11.8. The maximum atomic E-state index is 14.0. The summed E-state index contributed by atoms with van der Waals surface area (Å²) in [4.78, 5) is 3.76. The summed E-state index contributed by atoms with van der Waals surface area (Å²) in [7, 11) is 0. The van der Waals surface area contributed by atoms with Gasteiger partial charge >= 0.3 is 0 Å². The predicted octanol–water partition coefficient (Wildman–Crippen LogP) is 1.61. The normalized spacial score (nSPS) is 15.0. The van der Waals surface area contributed by atoms with Crippen molar-refractivity contribution >= 4 is 0 Å². The van der Waals surface area contributed by atoms with Gasteiger partial charge in [0.25, 0.3) is 0 Å². The third-order valence-corrected chi connectivity index (χ3v) is 3.05. The average Bonchev–Trinajstić information content (AvgIpc) is 2.78. The maximum Gasteiger partial charge on any atom is 0.137 e. The molecule has 1 aromatic heterocycles. The summed E-state index contributed by atoms with van der Waals surface area (Å²) in [6.07, 6.45) is 2.50. The average molecular weight is 297 g/mol. The highest BCUT2D eigenvalue weighted by atomic mass is 19.1. The van der Waals surface area contributed by atoms with E-state index >= 15 is 0 Å². The first kappa shape index (κ1) is 15.5. The molecule has 1 atom stereocenters. The first-order valence-electron chi connectivity index (χ1n) is 6.42. The molecule has 0 aliphatic carbocycles. The molecule has 2 aromatic rings. The van der Waals surface area contributed by atoms with Gasteiger partial charge in [0.1, 0.15) is 29.9 Å². The summed E-state index contributed by atoms with van der Waals surface area (Å²) in [5.41, 5.74) is -3.10. The quantitative estimate of drug-likeness (QED) is 0.879. The lowest BCUT2D eigenvalue weighted by Gasteiger charge is -2.34. The minimum atomic E-state index is -1.75. The third-order valence-electron chi connectivity index (χ3n) is 3.05. The van der Waals surface area contributed by atoms with Gasteiger partial charge in [0, 0.05) is 18.1 Å².